The molecule has 8 heteroatoms. The zero-order chi connectivity index (χ0) is 16.9. The summed E-state index contributed by atoms with van der Waals surface area (Å²) in [5.41, 5.74) is 1.20. The zero-order valence-corrected chi connectivity index (χ0v) is 13.0. The summed E-state index contributed by atoms with van der Waals surface area (Å²) in [4.78, 5) is 11.8. The van der Waals surface area contributed by atoms with Gasteiger partial charge in [-0.05, 0) is 48.5 Å². The van der Waals surface area contributed by atoms with E-state index in [9.17, 15) is 9.18 Å². The van der Waals surface area contributed by atoms with Crippen molar-refractivity contribution in [1.29, 1.82) is 0 Å². The van der Waals surface area contributed by atoms with Gasteiger partial charge in [-0.2, -0.15) is 0 Å². The summed E-state index contributed by atoms with van der Waals surface area (Å²) in [6, 6.07) is 12.0. The van der Waals surface area contributed by atoms with Crippen LogP contribution in [0.3, 0.4) is 0 Å². The predicted molar refractivity (Wildman–Crippen MR) is 87.0 cm³/mol. The van der Waals surface area contributed by atoms with Crippen LogP contribution in [0.4, 0.5) is 14.9 Å². The molecular weight excluding hydrogens is 335 g/mol. The molecular formula is C16H12ClFN4O2. The quantitative estimate of drug-likeness (QED) is 0.752. The van der Waals surface area contributed by atoms with Crippen LogP contribution >= 0.6 is 11.6 Å². The van der Waals surface area contributed by atoms with Crippen LogP contribution < -0.4 is 10.6 Å². The van der Waals surface area contributed by atoms with Gasteiger partial charge in [0.25, 0.3) is 0 Å². The van der Waals surface area contributed by atoms with Crippen LogP contribution in [0.2, 0.25) is 5.02 Å². The van der Waals surface area contributed by atoms with Crippen molar-refractivity contribution >= 4 is 23.3 Å². The monoisotopic (exact) mass is 346 g/mol. The van der Waals surface area contributed by atoms with Crippen molar-refractivity contribution in [3.8, 4) is 11.5 Å². The molecule has 0 atom stereocenters. The Morgan fingerprint density at radius 3 is 2.50 bits per heavy atom. The Hall–Kier alpha value is -2.93. The van der Waals surface area contributed by atoms with Gasteiger partial charge in [0.1, 0.15) is 5.82 Å². The number of halogens is 2. The van der Waals surface area contributed by atoms with Crippen molar-refractivity contribution in [2.24, 2.45) is 0 Å². The molecule has 0 aliphatic heterocycles. The number of urea groups is 1. The maximum Gasteiger partial charge on any atom is 0.319 e. The van der Waals surface area contributed by atoms with Crippen molar-refractivity contribution < 1.29 is 13.6 Å². The van der Waals surface area contributed by atoms with E-state index in [0.29, 0.717) is 16.3 Å². The predicted octanol–water partition coefficient (Wildman–Crippen LogP) is 3.85. The summed E-state index contributed by atoms with van der Waals surface area (Å²) in [5, 5.41) is 13.5. The lowest BCUT2D eigenvalue weighted by atomic mass is 10.2. The van der Waals surface area contributed by atoms with E-state index in [1.54, 1.807) is 24.3 Å². The number of nitrogens with zero attached hydrogens (tertiary/aromatic N) is 2. The van der Waals surface area contributed by atoms with Gasteiger partial charge < -0.3 is 15.1 Å². The molecule has 0 unspecified atom stereocenters. The highest BCUT2D eigenvalue weighted by atomic mass is 35.5. The fourth-order valence-corrected chi connectivity index (χ4v) is 2.02. The van der Waals surface area contributed by atoms with Crippen LogP contribution in [-0.2, 0) is 6.54 Å². The maximum atomic E-state index is 12.9. The SMILES string of the molecule is O=C(NCc1nnc(-c2ccc(F)cc2)o1)Nc1ccc(Cl)cc1. The fraction of sp³-hybridized carbons (Fsp3) is 0.0625. The second-order valence-corrected chi connectivity index (χ2v) is 5.26. The van der Waals surface area contributed by atoms with E-state index in [0.717, 1.165) is 0 Å². The first kappa shape index (κ1) is 15.9. The molecule has 1 aromatic heterocycles. The van der Waals surface area contributed by atoms with E-state index in [-0.39, 0.29) is 24.1 Å². The molecule has 2 amide bonds. The first-order valence-corrected chi connectivity index (χ1v) is 7.37. The normalized spacial score (nSPS) is 10.4. The molecule has 1 heterocycles. The average Bonchev–Trinajstić information content (AvgIpc) is 3.05. The fourth-order valence-electron chi connectivity index (χ4n) is 1.90. The Bertz CT molecular complexity index is 834. The Balaban J connectivity index is 1.56. The van der Waals surface area contributed by atoms with Crippen LogP contribution in [0.1, 0.15) is 5.89 Å². The van der Waals surface area contributed by atoms with E-state index in [4.69, 9.17) is 16.0 Å². The molecule has 0 aliphatic rings. The third-order valence-electron chi connectivity index (χ3n) is 3.06. The minimum absolute atomic E-state index is 0.0631. The maximum absolute atomic E-state index is 12.9. The molecule has 0 spiro atoms. The number of hydrogen-bond acceptors (Lipinski definition) is 4. The first-order chi connectivity index (χ1) is 11.6. The minimum atomic E-state index is -0.418. The number of amides is 2. The van der Waals surface area contributed by atoms with Crippen LogP contribution in [0, 0.1) is 5.82 Å². The average molecular weight is 347 g/mol. The van der Waals surface area contributed by atoms with Gasteiger partial charge in [-0.15, -0.1) is 10.2 Å². The van der Waals surface area contributed by atoms with Gasteiger partial charge in [-0.1, -0.05) is 11.6 Å². The number of hydrogen-bond donors (Lipinski definition) is 2. The van der Waals surface area contributed by atoms with Gasteiger partial charge in [0.2, 0.25) is 11.8 Å². The minimum Gasteiger partial charge on any atom is -0.419 e. The van der Waals surface area contributed by atoms with E-state index < -0.39 is 6.03 Å². The molecule has 122 valence electrons. The molecule has 0 aliphatic carbocycles. The molecule has 24 heavy (non-hydrogen) atoms. The number of carbonyl (C=O) groups excluding carboxylic acids is 1. The Morgan fingerprint density at radius 1 is 1.08 bits per heavy atom. The van der Waals surface area contributed by atoms with E-state index in [2.05, 4.69) is 20.8 Å². The summed E-state index contributed by atoms with van der Waals surface area (Å²) in [6.07, 6.45) is 0. The smallest absolute Gasteiger partial charge is 0.319 e. The summed E-state index contributed by atoms with van der Waals surface area (Å²) in [5.74, 6) is 0.143. The van der Waals surface area contributed by atoms with Gasteiger partial charge in [0.05, 0.1) is 6.54 Å². The van der Waals surface area contributed by atoms with E-state index >= 15 is 0 Å². The van der Waals surface area contributed by atoms with Gasteiger partial charge in [-0.3, -0.25) is 0 Å². The topological polar surface area (TPSA) is 80.1 Å². The van der Waals surface area contributed by atoms with Crippen LogP contribution in [0.5, 0.6) is 0 Å². The van der Waals surface area contributed by atoms with Crippen molar-refractivity contribution in [2.45, 2.75) is 6.54 Å². The van der Waals surface area contributed by atoms with Crippen molar-refractivity contribution in [2.75, 3.05) is 5.32 Å². The second kappa shape index (κ2) is 7.10. The largest absolute Gasteiger partial charge is 0.419 e. The molecule has 6 nitrogen and oxygen atoms in total. The Kier molecular flexibility index (Phi) is 4.72. The van der Waals surface area contributed by atoms with Gasteiger partial charge >= 0.3 is 6.03 Å². The molecule has 2 aromatic carbocycles. The number of rotatable bonds is 4. The molecule has 0 radical (unpaired) electrons. The van der Waals surface area contributed by atoms with E-state index in [1.807, 2.05) is 0 Å². The third-order valence-corrected chi connectivity index (χ3v) is 3.31. The second-order valence-electron chi connectivity index (χ2n) is 4.82. The first-order valence-electron chi connectivity index (χ1n) is 6.99. The number of carbonyl (C=O) groups is 1. The van der Waals surface area contributed by atoms with Gasteiger partial charge in [-0.25, -0.2) is 9.18 Å². The van der Waals surface area contributed by atoms with Crippen LogP contribution in [0.25, 0.3) is 11.5 Å². The highest BCUT2D eigenvalue weighted by Crippen LogP contribution is 2.18. The zero-order valence-electron chi connectivity index (χ0n) is 12.3. The molecule has 0 fully saturated rings. The van der Waals surface area contributed by atoms with Crippen LogP contribution in [0.15, 0.2) is 52.9 Å². The number of aromatic nitrogens is 2. The highest BCUT2D eigenvalue weighted by molar-refractivity contribution is 6.30. The highest BCUT2D eigenvalue weighted by Gasteiger charge is 2.10. The number of nitrogens with one attached hydrogen (secondary N) is 2. The molecule has 0 bridgehead atoms. The number of anilines is 1. The van der Waals surface area contributed by atoms with Crippen LogP contribution in [-0.4, -0.2) is 16.2 Å². The molecule has 3 rings (SSSR count). The summed E-state index contributed by atoms with van der Waals surface area (Å²) in [6.45, 7) is 0.0631. The van der Waals surface area contributed by atoms with E-state index in [1.165, 1.54) is 24.3 Å². The lowest BCUT2D eigenvalue weighted by molar-refractivity contribution is 0.250. The molecule has 0 saturated carbocycles. The van der Waals surface area contributed by atoms with Gasteiger partial charge in [0.15, 0.2) is 0 Å². The molecule has 2 N–H and O–H groups in total. The molecule has 0 saturated heterocycles. The Labute approximate surface area is 141 Å². The summed E-state index contributed by atoms with van der Waals surface area (Å²) >= 11 is 5.77. The lowest BCUT2D eigenvalue weighted by Crippen LogP contribution is -2.28. The van der Waals surface area contributed by atoms with Gasteiger partial charge in [0, 0.05) is 16.3 Å². The van der Waals surface area contributed by atoms with Crippen molar-refractivity contribution in [1.82, 2.24) is 15.5 Å². The summed E-state index contributed by atoms with van der Waals surface area (Å²) < 4.78 is 18.3. The lowest BCUT2D eigenvalue weighted by Gasteiger charge is -2.05. The third kappa shape index (κ3) is 4.08. The summed E-state index contributed by atoms with van der Waals surface area (Å²) in [7, 11) is 0. The standard InChI is InChI=1S/C16H12ClFN4O2/c17-11-3-7-13(8-4-11)20-16(23)19-9-14-21-22-15(24-14)10-1-5-12(18)6-2-10/h1-8H,9H2,(H2,19,20,23). The molecule has 3 aromatic rings. The Morgan fingerprint density at radius 2 is 1.79 bits per heavy atom. The number of benzene rings is 2. The van der Waals surface area contributed by atoms with Crippen molar-refractivity contribution in [3.05, 3.63) is 65.3 Å². The van der Waals surface area contributed by atoms with Crippen molar-refractivity contribution in [3.63, 3.8) is 0 Å².